The summed E-state index contributed by atoms with van der Waals surface area (Å²) in [5, 5.41) is 4.48. The molecule has 0 aliphatic rings. The van der Waals surface area contributed by atoms with Gasteiger partial charge in [-0.3, -0.25) is 4.79 Å². The van der Waals surface area contributed by atoms with Crippen LogP contribution in [0.15, 0.2) is 46.1 Å². The first-order valence-electron chi connectivity index (χ1n) is 9.14. The molecule has 0 atom stereocenters. The number of benzene rings is 1. The highest BCUT2D eigenvalue weighted by Gasteiger charge is 2.18. The SMILES string of the molecule is Cc1ccc(C)c(C(=O)COC(=O)c2cccnc2SCc2c(C)noc2C)c1. The average Bonchev–Trinajstić information content (AvgIpc) is 3.03. The molecule has 3 aromatic rings. The van der Waals surface area contributed by atoms with Gasteiger partial charge in [0, 0.05) is 23.1 Å². The Kier molecular flexibility index (Phi) is 6.49. The summed E-state index contributed by atoms with van der Waals surface area (Å²) in [4.78, 5) is 29.4. The molecule has 7 heteroatoms. The Morgan fingerprint density at radius 3 is 2.62 bits per heavy atom. The lowest BCUT2D eigenvalue weighted by atomic mass is 10.0. The Bertz CT molecular complexity index is 1040. The minimum atomic E-state index is -0.571. The molecular weight excluding hydrogens is 388 g/mol. The van der Waals surface area contributed by atoms with Gasteiger partial charge in [0.15, 0.2) is 6.61 Å². The summed E-state index contributed by atoms with van der Waals surface area (Å²) in [7, 11) is 0. The Morgan fingerprint density at radius 1 is 1.10 bits per heavy atom. The van der Waals surface area contributed by atoms with Crippen molar-refractivity contribution in [1.29, 1.82) is 0 Å². The van der Waals surface area contributed by atoms with E-state index in [1.165, 1.54) is 11.8 Å². The monoisotopic (exact) mass is 410 g/mol. The van der Waals surface area contributed by atoms with Crippen molar-refractivity contribution in [3.63, 3.8) is 0 Å². The third-order valence-electron chi connectivity index (χ3n) is 4.55. The Labute approximate surface area is 173 Å². The third-order valence-corrected chi connectivity index (χ3v) is 5.59. The van der Waals surface area contributed by atoms with E-state index in [2.05, 4.69) is 10.1 Å². The lowest BCUT2D eigenvalue weighted by Crippen LogP contribution is -2.16. The molecule has 2 heterocycles. The van der Waals surface area contributed by atoms with E-state index in [-0.39, 0.29) is 12.4 Å². The van der Waals surface area contributed by atoms with Gasteiger partial charge in [-0.15, -0.1) is 11.8 Å². The lowest BCUT2D eigenvalue weighted by molar-refractivity contribution is 0.0470. The van der Waals surface area contributed by atoms with E-state index in [4.69, 9.17) is 9.26 Å². The maximum Gasteiger partial charge on any atom is 0.341 e. The fraction of sp³-hybridized carbons (Fsp3) is 0.273. The maximum absolute atomic E-state index is 12.6. The highest BCUT2D eigenvalue weighted by Crippen LogP contribution is 2.27. The maximum atomic E-state index is 12.6. The van der Waals surface area contributed by atoms with Crippen molar-refractivity contribution in [2.45, 2.75) is 38.5 Å². The zero-order chi connectivity index (χ0) is 21.0. The van der Waals surface area contributed by atoms with Crippen molar-refractivity contribution >= 4 is 23.5 Å². The van der Waals surface area contributed by atoms with Crippen LogP contribution < -0.4 is 0 Å². The first-order chi connectivity index (χ1) is 13.9. The third kappa shape index (κ3) is 4.92. The number of thioether (sulfide) groups is 1. The van der Waals surface area contributed by atoms with Gasteiger partial charge in [0.2, 0.25) is 5.78 Å². The number of aryl methyl sites for hydroxylation is 4. The highest BCUT2D eigenvalue weighted by atomic mass is 32.2. The average molecular weight is 410 g/mol. The number of ether oxygens (including phenoxy) is 1. The van der Waals surface area contributed by atoms with Crippen molar-refractivity contribution in [3.8, 4) is 0 Å². The Morgan fingerprint density at radius 2 is 1.90 bits per heavy atom. The standard InChI is InChI=1S/C22H22N2O4S/c1-13-7-8-14(2)18(10-13)20(25)11-27-22(26)17-6-5-9-23-21(17)29-12-19-15(3)24-28-16(19)4/h5-10H,11-12H2,1-4H3. The van der Waals surface area contributed by atoms with Gasteiger partial charge >= 0.3 is 5.97 Å². The number of esters is 1. The Balaban J connectivity index is 1.68. The Hall–Kier alpha value is -2.93. The fourth-order valence-corrected chi connectivity index (χ4v) is 3.97. The molecule has 6 nitrogen and oxygen atoms in total. The number of carbonyl (C=O) groups excluding carboxylic acids is 2. The minimum absolute atomic E-state index is 0.228. The van der Waals surface area contributed by atoms with Crippen molar-refractivity contribution in [2.24, 2.45) is 0 Å². The molecule has 150 valence electrons. The summed E-state index contributed by atoms with van der Waals surface area (Å²) < 4.78 is 10.5. The predicted molar refractivity (Wildman–Crippen MR) is 110 cm³/mol. The van der Waals surface area contributed by atoms with Gasteiger partial charge in [0.1, 0.15) is 10.8 Å². The minimum Gasteiger partial charge on any atom is -0.454 e. The summed E-state index contributed by atoms with van der Waals surface area (Å²) in [6.07, 6.45) is 1.62. The molecule has 0 fully saturated rings. The second-order valence-electron chi connectivity index (χ2n) is 6.77. The van der Waals surface area contributed by atoms with Crippen LogP contribution in [0.4, 0.5) is 0 Å². The van der Waals surface area contributed by atoms with Crippen LogP contribution in [-0.4, -0.2) is 28.5 Å². The summed E-state index contributed by atoms with van der Waals surface area (Å²) in [6, 6.07) is 8.95. The van der Waals surface area contributed by atoms with Crippen LogP contribution in [0.1, 0.15) is 48.9 Å². The molecular formula is C22H22N2O4S. The van der Waals surface area contributed by atoms with Crippen LogP contribution in [0.25, 0.3) is 0 Å². The second-order valence-corrected chi connectivity index (χ2v) is 7.73. The summed E-state index contributed by atoms with van der Waals surface area (Å²) in [5.74, 6) is 0.514. The predicted octanol–water partition coefficient (Wildman–Crippen LogP) is 4.64. The fourth-order valence-electron chi connectivity index (χ4n) is 2.83. The van der Waals surface area contributed by atoms with E-state index in [1.807, 2.05) is 39.8 Å². The molecule has 2 aromatic heterocycles. The normalized spacial score (nSPS) is 10.8. The zero-order valence-corrected chi connectivity index (χ0v) is 17.6. The quantitative estimate of drug-likeness (QED) is 0.319. The molecule has 0 amide bonds. The van der Waals surface area contributed by atoms with Gasteiger partial charge in [-0.25, -0.2) is 9.78 Å². The summed E-state index contributed by atoms with van der Waals surface area (Å²) in [5.41, 5.74) is 4.53. The summed E-state index contributed by atoms with van der Waals surface area (Å²) in [6.45, 7) is 7.19. The molecule has 0 saturated heterocycles. The van der Waals surface area contributed by atoms with E-state index in [0.717, 1.165) is 28.1 Å². The van der Waals surface area contributed by atoms with E-state index >= 15 is 0 Å². The molecule has 0 aliphatic carbocycles. The molecule has 0 unspecified atom stereocenters. The van der Waals surface area contributed by atoms with Crippen LogP contribution in [0, 0.1) is 27.7 Å². The van der Waals surface area contributed by atoms with Crippen LogP contribution >= 0.6 is 11.8 Å². The smallest absolute Gasteiger partial charge is 0.341 e. The molecule has 3 rings (SSSR count). The van der Waals surface area contributed by atoms with Gasteiger partial charge < -0.3 is 9.26 Å². The number of aromatic nitrogens is 2. The van der Waals surface area contributed by atoms with Crippen molar-refractivity contribution in [1.82, 2.24) is 10.1 Å². The van der Waals surface area contributed by atoms with Gasteiger partial charge in [-0.2, -0.15) is 0 Å². The number of carbonyl (C=O) groups is 2. The molecule has 0 aliphatic heterocycles. The second kappa shape index (κ2) is 9.05. The molecule has 0 N–H and O–H groups in total. The molecule has 0 saturated carbocycles. The van der Waals surface area contributed by atoms with Gasteiger partial charge in [-0.1, -0.05) is 22.9 Å². The van der Waals surface area contributed by atoms with E-state index in [9.17, 15) is 9.59 Å². The van der Waals surface area contributed by atoms with E-state index in [1.54, 1.807) is 24.4 Å². The van der Waals surface area contributed by atoms with Crippen LogP contribution in [0.5, 0.6) is 0 Å². The van der Waals surface area contributed by atoms with Gasteiger partial charge in [-0.05, 0) is 51.5 Å². The molecule has 29 heavy (non-hydrogen) atoms. The molecule has 1 aromatic carbocycles. The van der Waals surface area contributed by atoms with Crippen LogP contribution in [0.3, 0.4) is 0 Å². The summed E-state index contributed by atoms with van der Waals surface area (Å²) >= 11 is 1.40. The van der Waals surface area contributed by atoms with E-state index < -0.39 is 5.97 Å². The number of hydrogen-bond donors (Lipinski definition) is 0. The van der Waals surface area contributed by atoms with Crippen molar-refractivity contribution in [3.05, 3.63) is 75.8 Å². The first-order valence-corrected chi connectivity index (χ1v) is 10.1. The first kappa shape index (κ1) is 20.8. The topological polar surface area (TPSA) is 82.3 Å². The highest BCUT2D eigenvalue weighted by molar-refractivity contribution is 7.98. The number of rotatable bonds is 7. The van der Waals surface area contributed by atoms with Crippen LogP contribution in [0.2, 0.25) is 0 Å². The number of ketones is 1. The number of nitrogens with zero attached hydrogens (tertiary/aromatic N) is 2. The van der Waals surface area contributed by atoms with Crippen molar-refractivity contribution in [2.75, 3.05) is 6.61 Å². The molecule has 0 radical (unpaired) electrons. The number of Topliss-reactive ketones (excluding diaryl/α,β-unsaturated/α-hetero) is 1. The largest absolute Gasteiger partial charge is 0.454 e. The van der Waals surface area contributed by atoms with Gasteiger partial charge in [0.25, 0.3) is 0 Å². The molecule has 0 spiro atoms. The molecule has 0 bridgehead atoms. The lowest BCUT2D eigenvalue weighted by Gasteiger charge is -2.09. The van der Waals surface area contributed by atoms with E-state index in [0.29, 0.717) is 21.9 Å². The number of pyridine rings is 1. The number of hydrogen-bond acceptors (Lipinski definition) is 7. The zero-order valence-electron chi connectivity index (χ0n) is 16.8. The van der Waals surface area contributed by atoms with Gasteiger partial charge in [0.05, 0.1) is 11.3 Å². The van der Waals surface area contributed by atoms with Crippen molar-refractivity contribution < 1.29 is 18.8 Å². The van der Waals surface area contributed by atoms with Crippen LogP contribution in [-0.2, 0) is 10.5 Å².